The second kappa shape index (κ2) is 7.70. The van der Waals surface area contributed by atoms with Crippen LogP contribution >= 0.6 is 23.1 Å². The van der Waals surface area contributed by atoms with E-state index in [1.807, 2.05) is 36.1 Å². The Balaban J connectivity index is 1.40. The SMILES string of the molecule is CC1CN(c2nc(Cc3ccc(Cl)cc3)ns2)CCN1C(=O)c1ccco1. The maximum Gasteiger partial charge on any atom is 0.289 e. The molecule has 1 aliphatic heterocycles. The number of aromatic nitrogens is 2. The maximum absolute atomic E-state index is 12.5. The van der Waals surface area contributed by atoms with Gasteiger partial charge in [-0.3, -0.25) is 4.79 Å². The molecule has 0 saturated carbocycles. The lowest BCUT2D eigenvalue weighted by Crippen LogP contribution is -2.54. The first-order chi connectivity index (χ1) is 13.1. The quantitative estimate of drug-likeness (QED) is 0.665. The van der Waals surface area contributed by atoms with Gasteiger partial charge in [-0.05, 0) is 36.8 Å². The monoisotopic (exact) mass is 402 g/mol. The van der Waals surface area contributed by atoms with E-state index < -0.39 is 0 Å². The van der Waals surface area contributed by atoms with E-state index in [1.165, 1.54) is 17.8 Å². The van der Waals surface area contributed by atoms with E-state index in [0.717, 1.165) is 34.6 Å². The van der Waals surface area contributed by atoms with Gasteiger partial charge in [0.25, 0.3) is 5.91 Å². The molecule has 27 heavy (non-hydrogen) atoms. The second-order valence-corrected chi connectivity index (χ2v) is 7.73. The number of benzene rings is 1. The molecule has 1 saturated heterocycles. The summed E-state index contributed by atoms with van der Waals surface area (Å²) in [5.41, 5.74) is 1.13. The maximum atomic E-state index is 12.5. The van der Waals surface area contributed by atoms with E-state index in [9.17, 15) is 4.79 Å². The predicted octanol–water partition coefficient (Wildman–Crippen LogP) is 3.73. The van der Waals surface area contributed by atoms with Crippen LogP contribution in [0.1, 0.15) is 28.9 Å². The highest BCUT2D eigenvalue weighted by Gasteiger charge is 2.30. The molecule has 140 valence electrons. The third kappa shape index (κ3) is 3.99. The van der Waals surface area contributed by atoms with Gasteiger partial charge in [0.15, 0.2) is 5.76 Å². The molecule has 3 aromatic rings. The number of halogens is 1. The molecule has 1 aromatic carbocycles. The van der Waals surface area contributed by atoms with Crippen molar-refractivity contribution in [3.05, 3.63) is 64.8 Å². The van der Waals surface area contributed by atoms with Crippen molar-refractivity contribution in [2.75, 3.05) is 24.5 Å². The number of anilines is 1. The summed E-state index contributed by atoms with van der Waals surface area (Å²) in [5, 5.41) is 1.62. The largest absolute Gasteiger partial charge is 0.459 e. The third-order valence-corrected chi connectivity index (χ3v) is 5.69. The Bertz CT molecular complexity index is 910. The Hall–Kier alpha value is -2.38. The number of nitrogens with zero attached hydrogens (tertiary/aromatic N) is 4. The third-order valence-electron chi connectivity index (χ3n) is 4.62. The van der Waals surface area contributed by atoms with E-state index >= 15 is 0 Å². The highest BCUT2D eigenvalue weighted by Crippen LogP contribution is 2.23. The number of carbonyl (C=O) groups is 1. The highest BCUT2D eigenvalue weighted by atomic mass is 35.5. The lowest BCUT2D eigenvalue weighted by molar-refractivity contribution is 0.0641. The summed E-state index contributed by atoms with van der Waals surface area (Å²) in [5.74, 6) is 1.13. The van der Waals surface area contributed by atoms with Crippen molar-refractivity contribution in [2.45, 2.75) is 19.4 Å². The molecule has 0 radical (unpaired) electrons. The molecule has 3 heterocycles. The lowest BCUT2D eigenvalue weighted by Gasteiger charge is -2.39. The lowest BCUT2D eigenvalue weighted by atomic mass is 10.1. The number of carbonyl (C=O) groups excluding carboxylic acids is 1. The van der Waals surface area contributed by atoms with E-state index in [4.69, 9.17) is 16.0 Å². The molecular weight excluding hydrogens is 384 g/mol. The van der Waals surface area contributed by atoms with Crippen LogP contribution in [0.5, 0.6) is 0 Å². The molecule has 8 heteroatoms. The van der Waals surface area contributed by atoms with Crippen LogP contribution in [0.25, 0.3) is 0 Å². The highest BCUT2D eigenvalue weighted by molar-refractivity contribution is 7.09. The van der Waals surface area contributed by atoms with Crippen LogP contribution in [0.3, 0.4) is 0 Å². The van der Waals surface area contributed by atoms with Gasteiger partial charge in [0, 0.05) is 48.7 Å². The average molecular weight is 403 g/mol. The zero-order chi connectivity index (χ0) is 18.8. The van der Waals surface area contributed by atoms with Crippen molar-refractivity contribution in [2.24, 2.45) is 0 Å². The van der Waals surface area contributed by atoms with Crippen LogP contribution in [-0.4, -0.2) is 45.8 Å². The molecule has 1 fully saturated rings. The fourth-order valence-electron chi connectivity index (χ4n) is 3.20. The van der Waals surface area contributed by atoms with Crippen molar-refractivity contribution < 1.29 is 9.21 Å². The van der Waals surface area contributed by atoms with Gasteiger partial charge >= 0.3 is 0 Å². The minimum atomic E-state index is -0.0622. The summed E-state index contributed by atoms with van der Waals surface area (Å²) in [6.45, 7) is 4.13. The topological polar surface area (TPSA) is 62.5 Å². The van der Waals surface area contributed by atoms with Crippen LogP contribution in [0.15, 0.2) is 47.1 Å². The summed E-state index contributed by atoms with van der Waals surface area (Å²) in [6.07, 6.45) is 2.21. The Morgan fingerprint density at radius 1 is 1.30 bits per heavy atom. The van der Waals surface area contributed by atoms with Gasteiger partial charge in [0.05, 0.1) is 6.26 Å². The summed E-state index contributed by atoms with van der Waals surface area (Å²) < 4.78 is 9.73. The van der Waals surface area contributed by atoms with E-state index in [2.05, 4.69) is 14.3 Å². The molecule has 2 aromatic heterocycles. The van der Waals surface area contributed by atoms with Crippen LogP contribution in [0.4, 0.5) is 5.13 Å². The molecule has 1 amide bonds. The van der Waals surface area contributed by atoms with Crippen molar-refractivity contribution in [1.29, 1.82) is 0 Å². The molecule has 1 aliphatic rings. The summed E-state index contributed by atoms with van der Waals surface area (Å²) >= 11 is 7.34. The molecule has 0 N–H and O–H groups in total. The van der Waals surface area contributed by atoms with Gasteiger partial charge in [-0.15, -0.1) is 0 Å². The van der Waals surface area contributed by atoms with E-state index in [-0.39, 0.29) is 11.9 Å². The zero-order valence-electron chi connectivity index (χ0n) is 14.8. The van der Waals surface area contributed by atoms with Crippen molar-refractivity contribution in [3.63, 3.8) is 0 Å². The molecule has 6 nitrogen and oxygen atoms in total. The first-order valence-electron chi connectivity index (χ1n) is 8.76. The molecule has 0 spiro atoms. The van der Waals surface area contributed by atoms with Crippen molar-refractivity contribution >= 4 is 34.2 Å². The standard InChI is InChI=1S/C19H19ClN4O2S/c1-13-12-23(8-9-24(13)18(25)16-3-2-10-26-16)19-21-17(22-27-19)11-14-4-6-15(20)7-5-14/h2-7,10,13H,8-9,11-12H2,1H3. The van der Waals surface area contributed by atoms with Gasteiger partial charge < -0.3 is 14.2 Å². The van der Waals surface area contributed by atoms with Gasteiger partial charge in [-0.25, -0.2) is 4.98 Å². The fraction of sp³-hybridized carbons (Fsp3) is 0.316. The fourth-order valence-corrected chi connectivity index (χ4v) is 4.05. The number of rotatable bonds is 4. The smallest absolute Gasteiger partial charge is 0.289 e. The van der Waals surface area contributed by atoms with Gasteiger partial charge in [-0.1, -0.05) is 23.7 Å². The average Bonchev–Trinajstić information content (AvgIpc) is 3.35. The number of hydrogen-bond acceptors (Lipinski definition) is 6. The Labute approximate surface area is 166 Å². The van der Waals surface area contributed by atoms with E-state index in [0.29, 0.717) is 18.7 Å². The first-order valence-corrected chi connectivity index (χ1v) is 9.92. The van der Waals surface area contributed by atoms with Crippen LogP contribution in [-0.2, 0) is 6.42 Å². The van der Waals surface area contributed by atoms with Crippen LogP contribution in [0, 0.1) is 0 Å². The van der Waals surface area contributed by atoms with Crippen LogP contribution < -0.4 is 4.90 Å². The normalized spacial score (nSPS) is 17.3. The molecule has 1 atom stereocenters. The molecule has 0 bridgehead atoms. The van der Waals surface area contributed by atoms with E-state index in [1.54, 1.807) is 12.1 Å². The predicted molar refractivity (Wildman–Crippen MR) is 106 cm³/mol. The van der Waals surface area contributed by atoms with Crippen molar-refractivity contribution in [1.82, 2.24) is 14.3 Å². The van der Waals surface area contributed by atoms with Crippen LogP contribution in [0.2, 0.25) is 5.02 Å². The van der Waals surface area contributed by atoms with Gasteiger partial charge in [0.2, 0.25) is 5.13 Å². The van der Waals surface area contributed by atoms with Gasteiger partial charge in [0.1, 0.15) is 5.82 Å². The molecule has 1 unspecified atom stereocenters. The first kappa shape index (κ1) is 18.0. The molecule has 0 aliphatic carbocycles. The Morgan fingerprint density at radius 3 is 2.81 bits per heavy atom. The molecule has 4 rings (SSSR count). The van der Waals surface area contributed by atoms with Crippen molar-refractivity contribution in [3.8, 4) is 0 Å². The summed E-state index contributed by atoms with van der Waals surface area (Å²) in [6, 6.07) is 11.2. The van der Waals surface area contributed by atoms with Gasteiger partial charge in [-0.2, -0.15) is 4.37 Å². The number of hydrogen-bond donors (Lipinski definition) is 0. The number of piperazine rings is 1. The number of furan rings is 1. The summed E-state index contributed by atoms with van der Waals surface area (Å²) in [4.78, 5) is 21.3. The zero-order valence-corrected chi connectivity index (χ0v) is 16.4. The Morgan fingerprint density at radius 2 is 2.11 bits per heavy atom. The minimum absolute atomic E-state index is 0.0622. The Kier molecular flexibility index (Phi) is 5.13. The minimum Gasteiger partial charge on any atom is -0.459 e. The summed E-state index contributed by atoms with van der Waals surface area (Å²) in [7, 11) is 0. The second-order valence-electron chi connectivity index (χ2n) is 6.57. The molecular formula is C19H19ClN4O2S. The number of amides is 1.